The summed E-state index contributed by atoms with van der Waals surface area (Å²) in [5.74, 6) is -0.530. The van der Waals surface area contributed by atoms with E-state index in [2.05, 4.69) is 5.32 Å². The van der Waals surface area contributed by atoms with Crippen LogP contribution in [-0.4, -0.2) is 45.9 Å². The highest BCUT2D eigenvalue weighted by molar-refractivity contribution is 7.89. The first-order valence-corrected chi connectivity index (χ1v) is 10.7. The number of carbonyl (C=O) groups is 1. The number of sulfonamides is 1. The maximum atomic E-state index is 13.4. The molecule has 0 bridgehead atoms. The monoisotopic (exact) mass is 434 g/mol. The van der Waals surface area contributed by atoms with Crippen LogP contribution in [0.25, 0.3) is 22.3 Å². The number of benzene rings is 2. The van der Waals surface area contributed by atoms with Gasteiger partial charge in [0.1, 0.15) is 27.8 Å². The molecule has 1 N–H and O–H groups in total. The molecule has 0 aliphatic heterocycles. The van der Waals surface area contributed by atoms with Crippen molar-refractivity contribution < 1.29 is 26.8 Å². The molecule has 3 rings (SSSR count). The minimum Gasteiger partial charge on any atom is -0.490 e. The Morgan fingerprint density at radius 2 is 1.80 bits per heavy atom. The molecule has 1 amide bonds. The lowest BCUT2D eigenvalue weighted by atomic mass is 10.0. The molecular formula is C21H23FN2O5S. The van der Waals surface area contributed by atoms with E-state index in [1.165, 1.54) is 57.5 Å². The summed E-state index contributed by atoms with van der Waals surface area (Å²) in [5, 5.41) is 2.95. The first-order valence-electron chi connectivity index (χ1n) is 9.24. The second-order valence-corrected chi connectivity index (χ2v) is 9.26. The van der Waals surface area contributed by atoms with Crippen molar-refractivity contribution in [3.05, 3.63) is 47.8 Å². The van der Waals surface area contributed by atoms with Crippen molar-refractivity contribution in [2.75, 3.05) is 21.1 Å². The standard InChI is InChI=1S/C21H23FN2O5S/c1-12(2)28-17-10-15-16(11-18(17)30(26,27)24(4)5)29-20(19(15)21(25)23-3)13-6-8-14(22)9-7-13/h6-12H,1-5H3,(H,23,25). The molecule has 30 heavy (non-hydrogen) atoms. The summed E-state index contributed by atoms with van der Waals surface area (Å²) >= 11 is 0. The third-order valence-corrected chi connectivity index (χ3v) is 6.27. The van der Waals surface area contributed by atoms with Gasteiger partial charge in [0.2, 0.25) is 10.0 Å². The minimum absolute atomic E-state index is 0.0726. The van der Waals surface area contributed by atoms with Crippen molar-refractivity contribution in [1.82, 2.24) is 9.62 Å². The Kier molecular flexibility index (Phi) is 5.87. The van der Waals surface area contributed by atoms with Gasteiger partial charge in [0.25, 0.3) is 5.91 Å². The number of carbonyl (C=O) groups excluding carboxylic acids is 1. The number of hydrogen-bond acceptors (Lipinski definition) is 5. The molecule has 0 saturated carbocycles. The van der Waals surface area contributed by atoms with E-state index in [1.54, 1.807) is 13.8 Å². The number of nitrogens with one attached hydrogen (secondary N) is 1. The maximum Gasteiger partial charge on any atom is 0.255 e. The van der Waals surface area contributed by atoms with E-state index in [9.17, 15) is 17.6 Å². The zero-order valence-corrected chi connectivity index (χ0v) is 18.1. The predicted octanol–water partition coefficient (Wildman–Crippen LogP) is 3.64. The van der Waals surface area contributed by atoms with E-state index in [-0.39, 0.29) is 33.7 Å². The average molecular weight is 434 g/mol. The summed E-state index contributed by atoms with van der Waals surface area (Å²) in [7, 11) is 0.467. The van der Waals surface area contributed by atoms with Crippen LogP contribution in [0.2, 0.25) is 0 Å². The van der Waals surface area contributed by atoms with Crippen LogP contribution >= 0.6 is 0 Å². The van der Waals surface area contributed by atoms with Gasteiger partial charge in [-0.3, -0.25) is 4.79 Å². The molecule has 0 spiro atoms. The van der Waals surface area contributed by atoms with E-state index in [0.29, 0.717) is 10.9 Å². The predicted molar refractivity (Wildman–Crippen MR) is 112 cm³/mol. The molecule has 0 atom stereocenters. The van der Waals surface area contributed by atoms with Gasteiger partial charge in [-0.1, -0.05) is 0 Å². The highest BCUT2D eigenvalue weighted by Crippen LogP contribution is 2.39. The highest BCUT2D eigenvalue weighted by Gasteiger charge is 2.28. The van der Waals surface area contributed by atoms with Crippen LogP contribution in [-0.2, 0) is 10.0 Å². The topological polar surface area (TPSA) is 88.8 Å². The van der Waals surface area contributed by atoms with Crippen molar-refractivity contribution in [3.8, 4) is 17.1 Å². The molecule has 0 fully saturated rings. The Balaban J connectivity index is 2.38. The largest absolute Gasteiger partial charge is 0.490 e. The Hall–Kier alpha value is -2.91. The van der Waals surface area contributed by atoms with E-state index >= 15 is 0 Å². The number of halogens is 1. The lowest BCUT2D eigenvalue weighted by molar-refractivity contribution is 0.0964. The van der Waals surface area contributed by atoms with Crippen LogP contribution in [0.3, 0.4) is 0 Å². The van der Waals surface area contributed by atoms with Gasteiger partial charge in [0.05, 0.1) is 11.7 Å². The molecule has 1 aromatic heterocycles. The van der Waals surface area contributed by atoms with Gasteiger partial charge in [-0.25, -0.2) is 17.1 Å². The maximum absolute atomic E-state index is 13.4. The molecule has 1 heterocycles. The number of hydrogen-bond donors (Lipinski definition) is 1. The van der Waals surface area contributed by atoms with Gasteiger partial charge in [-0.2, -0.15) is 0 Å². The fraction of sp³-hybridized carbons (Fsp3) is 0.286. The Morgan fingerprint density at radius 1 is 1.17 bits per heavy atom. The van der Waals surface area contributed by atoms with Gasteiger partial charge in [0, 0.05) is 38.2 Å². The summed E-state index contributed by atoms with van der Waals surface area (Å²) in [5.41, 5.74) is 0.889. The molecule has 7 nitrogen and oxygen atoms in total. The van der Waals surface area contributed by atoms with Crippen LogP contribution in [0.5, 0.6) is 5.75 Å². The average Bonchev–Trinajstić information content (AvgIpc) is 3.05. The molecule has 9 heteroatoms. The molecule has 0 unspecified atom stereocenters. The molecule has 2 aromatic carbocycles. The molecule has 0 aliphatic rings. The summed E-state index contributed by atoms with van der Waals surface area (Å²) in [4.78, 5) is 12.6. The quantitative estimate of drug-likeness (QED) is 0.640. The SMILES string of the molecule is CNC(=O)c1c(-c2ccc(F)cc2)oc2cc(S(=O)(=O)N(C)C)c(OC(C)C)cc12. The minimum atomic E-state index is -3.85. The molecule has 0 aliphatic carbocycles. The van der Waals surface area contributed by atoms with Crippen LogP contribution in [0, 0.1) is 5.82 Å². The van der Waals surface area contributed by atoms with E-state index < -0.39 is 21.7 Å². The van der Waals surface area contributed by atoms with Gasteiger partial charge in [-0.05, 0) is 44.2 Å². The Labute approximate surface area is 174 Å². The van der Waals surface area contributed by atoms with Crippen molar-refractivity contribution in [1.29, 1.82) is 0 Å². The normalized spacial score (nSPS) is 12.0. The van der Waals surface area contributed by atoms with Gasteiger partial charge >= 0.3 is 0 Å². The Morgan fingerprint density at radius 3 is 2.33 bits per heavy atom. The number of furan rings is 1. The van der Waals surface area contributed by atoms with Gasteiger partial charge in [0.15, 0.2) is 0 Å². The van der Waals surface area contributed by atoms with Crippen LogP contribution in [0.4, 0.5) is 4.39 Å². The number of ether oxygens (including phenoxy) is 1. The van der Waals surface area contributed by atoms with Crippen molar-refractivity contribution in [2.24, 2.45) is 0 Å². The molecular weight excluding hydrogens is 411 g/mol. The van der Waals surface area contributed by atoms with Crippen LogP contribution in [0.1, 0.15) is 24.2 Å². The number of amides is 1. The third-order valence-electron chi connectivity index (χ3n) is 4.44. The number of rotatable bonds is 6. The van der Waals surface area contributed by atoms with Crippen molar-refractivity contribution in [2.45, 2.75) is 24.8 Å². The summed E-state index contributed by atoms with van der Waals surface area (Å²) < 4.78 is 51.8. The second-order valence-electron chi connectivity index (χ2n) is 7.14. The van der Waals surface area contributed by atoms with Crippen LogP contribution in [0.15, 0.2) is 45.7 Å². The summed E-state index contributed by atoms with van der Waals surface area (Å²) in [6.45, 7) is 3.55. The first-order chi connectivity index (χ1) is 14.1. The Bertz CT molecular complexity index is 1200. The fourth-order valence-electron chi connectivity index (χ4n) is 3.00. The zero-order valence-electron chi connectivity index (χ0n) is 17.3. The van der Waals surface area contributed by atoms with Gasteiger partial charge < -0.3 is 14.5 Å². The number of nitrogens with zero attached hydrogens (tertiary/aromatic N) is 1. The van der Waals surface area contributed by atoms with Crippen molar-refractivity contribution in [3.63, 3.8) is 0 Å². The molecule has 0 saturated heterocycles. The summed E-state index contributed by atoms with van der Waals surface area (Å²) in [6, 6.07) is 8.33. The van der Waals surface area contributed by atoms with E-state index in [4.69, 9.17) is 9.15 Å². The lowest BCUT2D eigenvalue weighted by Crippen LogP contribution is -2.23. The van der Waals surface area contributed by atoms with Gasteiger partial charge in [-0.15, -0.1) is 0 Å². The van der Waals surface area contributed by atoms with Crippen molar-refractivity contribution >= 4 is 26.9 Å². The lowest BCUT2D eigenvalue weighted by Gasteiger charge is -2.17. The van der Waals surface area contributed by atoms with E-state index in [1.807, 2.05) is 0 Å². The zero-order chi connectivity index (χ0) is 22.2. The molecule has 160 valence electrons. The second kappa shape index (κ2) is 8.08. The smallest absolute Gasteiger partial charge is 0.255 e. The molecule has 3 aromatic rings. The fourth-order valence-corrected chi connectivity index (χ4v) is 4.01. The van der Waals surface area contributed by atoms with E-state index in [0.717, 1.165) is 4.31 Å². The summed E-state index contributed by atoms with van der Waals surface area (Å²) in [6.07, 6.45) is -0.300. The number of fused-ring (bicyclic) bond motifs is 1. The third kappa shape index (κ3) is 3.90. The first kappa shape index (κ1) is 21.8. The van der Waals surface area contributed by atoms with Crippen LogP contribution < -0.4 is 10.1 Å². The highest BCUT2D eigenvalue weighted by atomic mass is 32.2. The molecule has 0 radical (unpaired) electrons.